The number of ether oxygens (including phenoxy) is 1. The number of nitrogens with one attached hydrogen (secondary N) is 1. The molecule has 0 saturated carbocycles. The minimum absolute atomic E-state index is 0.160. The molecular weight excluding hydrogens is 254 g/mol. The monoisotopic (exact) mass is 271 g/mol. The van der Waals surface area contributed by atoms with E-state index in [1.165, 1.54) is 7.11 Å². The number of aromatic hydroxyl groups is 1. The number of esters is 1. The molecule has 2 N–H and O–H groups in total. The molecule has 2 rings (SSSR count). The lowest BCUT2D eigenvalue weighted by Gasteiger charge is -2.19. The van der Waals surface area contributed by atoms with Gasteiger partial charge in [-0.2, -0.15) is 0 Å². The Kier molecular flexibility index (Phi) is 4.25. The van der Waals surface area contributed by atoms with E-state index in [0.717, 1.165) is 16.8 Å². The molecule has 0 heterocycles. The van der Waals surface area contributed by atoms with Gasteiger partial charge in [0.1, 0.15) is 5.75 Å². The predicted molar refractivity (Wildman–Crippen MR) is 77.7 cm³/mol. The third kappa shape index (κ3) is 3.09. The Balaban J connectivity index is 2.31. The Bertz CT molecular complexity index is 593. The first-order chi connectivity index (χ1) is 9.61. The van der Waals surface area contributed by atoms with E-state index in [4.69, 9.17) is 4.74 Å². The van der Waals surface area contributed by atoms with Gasteiger partial charge in [0.25, 0.3) is 0 Å². The van der Waals surface area contributed by atoms with Crippen LogP contribution in [-0.4, -0.2) is 18.2 Å². The van der Waals surface area contributed by atoms with Crippen molar-refractivity contribution in [2.75, 3.05) is 12.4 Å². The molecule has 0 aliphatic carbocycles. The molecule has 20 heavy (non-hydrogen) atoms. The molecule has 4 heteroatoms. The second kappa shape index (κ2) is 6.10. The SMILES string of the molecule is COC(=O)C(Nc1ccccc1C)c1ccc(O)cc1. The molecule has 0 fully saturated rings. The number of benzene rings is 2. The smallest absolute Gasteiger partial charge is 0.332 e. The molecule has 2 aromatic carbocycles. The van der Waals surface area contributed by atoms with Gasteiger partial charge >= 0.3 is 5.97 Å². The van der Waals surface area contributed by atoms with Gasteiger partial charge in [0.2, 0.25) is 0 Å². The number of anilines is 1. The Morgan fingerprint density at radius 3 is 2.40 bits per heavy atom. The molecule has 4 nitrogen and oxygen atoms in total. The first kappa shape index (κ1) is 13.9. The van der Waals surface area contributed by atoms with E-state index in [-0.39, 0.29) is 11.7 Å². The maximum Gasteiger partial charge on any atom is 0.332 e. The molecule has 2 aromatic rings. The summed E-state index contributed by atoms with van der Waals surface area (Å²) in [5.41, 5.74) is 2.65. The van der Waals surface area contributed by atoms with Crippen molar-refractivity contribution in [3.8, 4) is 5.75 Å². The number of rotatable bonds is 4. The summed E-state index contributed by atoms with van der Waals surface area (Å²) in [7, 11) is 1.36. The van der Waals surface area contributed by atoms with Crippen LogP contribution in [0.3, 0.4) is 0 Å². The lowest BCUT2D eigenvalue weighted by molar-refractivity contribution is -0.141. The highest BCUT2D eigenvalue weighted by molar-refractivity contribution is 5.81. The number of carbonyl (C=O) groups excluding carboxylic acids is 1. The summed E-state index contributed by atoms with van der Waals surface area (Å²) in [5.74, 6) is -0.216. The first-order valence-electron chi connectivity index (χ1n) is 6.30. The van der Waals surface area contributed by atoms with Gasteiger partial charge in [-0.25, -0.2) is 4.79 Å². The molecular formula is C16H17NO3. The van der Waals surface area contributed by atoms with E-state index in [0.29, 0.717) is 0 Å². The number of aryl methyl sites for hydroxylation is 1. The number of hydrogen-bond acceptors (Lipinski definition) is 4. The molecule has 0 aliphatic rings. The van der Waals surface area contributed by atoms with Crippen LogP contribution in [0.5, 0.6) is 5.75 Å². The van der Waals surface area contributed by atoms with Gasteiger partial charge < -0.3 is 15.2 Å². The quantitative estimate of drug-likeness (QED) is 0.839. The summed E-state index contributed by atoms with van der Waals surface area (Å²) in [6, 6.07) is 13.6. The third-order valence-corrected chi connectivity index (χ3v) is 3.11. The highest BCUT2D eigenvalue weighted by Crippen LogP contribution is 2.24. The van der Waals surface area contributed by atoms with Gasteiger partial charge in [-0.1, -0.05) is 30.3 Å². The third-order valence-electron chi connectivity index (χ3n) is 3.11. The molecule has 104 valence electrons. The van der Waals surface area contributed by atoms with Gasteiger partial charge in [-0.15, -0.1) is 0 Å². The fourth-order valence-corrected chi connectivity index (χ4v) is 1.95. The van der Waals surface area contributed by atoms with E-state index in [1.54, 1.807) is 24.3 Å². The fraction of sp³-hybridized carbons (Fsp3) is 0.188. The minimum atomic E-state index is -0.610. The first-order valence-corrected chi connectivity index (χ1v) is 6.30. The van der Waals surface area contributed by atoms with Gasteiger partial charge in [-0.3, -0.25) is 0 Å². The van der Waals surface area contributed by atoms with Crippen molar-refractivity contribution < 1.29 is 14.6 Å². The van der Waals surface area contributed by atoms with Crippen molar-refractivity contribution in [1.82, 2.24) is 0 Å². The molecule has 0 amide bonds. The normalized spacial score (nSPS) is 11.7. The molecule has 0 radical (unpaired) electrons. The van der Waals surface area contributed by atoms with Crippen molar-refractivity contribution in [1.29, 1.82) is 0 Å². The maximum absolute atomic E-state index is 12.0. The number of phenolic OH excluding ortho intramolecular Hbond substituents is 1. The van der Waals surface area contributed by atoms with E-state index >= 15 is 0 Å². The van der Waals surface area contributed by atoms with Crippen LogP contribution in [-0.2, 0) is 9.53 Å². The van der Waals surface area contributed by atoms with Gasteiger partial charge in [0.05, 0.1) is 7.11 Å². The molecule has 0 aliphatic heterocycles. The van der Waals surface area contributed by atoms with E-state index in [9.17, 15) is 9.90 Å². The standard InChI is InChI=1S/C16H17NO3/c1-11-5-3-4-6-14(11)17-15(16(19)20-2)12-7-9-13(18)10-8-12/h3-10,15,17-18H,1-2H3. The summed E-state index contributed by atoms with van der Waals surface area (Å²) >= 11 is 0. The van der Waals surface area contributed by atoms with Crippen molar-refractivity contribution in [3.63, 3.8) is 0 Å². The second-order valence-electron chi connectivity index (χ2n) is 4.51. The van der Waals surface area contributed by atoms with Crippen molar-refractivity contribution in [2.45, 2.75) is 13.0 Å². The zero-order valence-corrected chi connectivity index (χ0v) is 11.5. The molecule has 1 atom stereocenters. The summed E-state index contributed by atoms with van der Waals surface area (Å²) in [4.78, 5) is 12.0. The van der Waals surface area contributed by atoms with Crippen LogP contribution in [0.1, 0.15) is 17.2 Å². The van der Waals surface area contributed by atoms with Crippen molar-refractivity contribution >= 4 is 11.7 Å². The number of para-hydroxylation sites is 1. The van der Waals surface area contributed by atoms with Crippen LogP contribution >= 0.6 is 0 Å². The van der Waals surface area contributed by atoms with Crippen LogP contribution in [0.15, 0.2) is 48.5 Å². The Labute approximate surface area is 118 Å². The van der Waals surface area contributed by atoms with Gasteiger partial charge in [-0.05, 0) is 36.2 Å². The largest absolute Gasteiger partial charge is 0.508 e. The average Bonchev–Trinajstić information content (AvgIpc) is 2.47. The topological polar surface area (TPSA) is 58.6 Å². The zero-order valence-electron chi connectivity index (χ0n) is 11.5. The fourth-order valence-electron chi connectivity index (χ4n) is 1.95. The average molecular weight is 271 g/mol. The van der Waals surface area contributed by atoms with Crippen molar-refractivity contribution in [2.24, 2.45) is 0 Å². The Morgan fingerprint density at radius 1 is 1.15 bits per heavy atom. The zero-order chi connectivity index (χ0) is 14.5. The number of phenols is 1. The molecule has 1 unspecified atom stereocenters. The highest BCUT2D eigenvalue weighted by atomic mass is 16.5. The van der Waals surface area contributed by atoms with Gasteiger partial charge in [0.15, 0.2) is 6.04 Å². The highest BCUT2D eigenvalue weighted by Gasteiger charge is 2.21. The van der Waals surface area contributed by atoms with Crippen LogP contribution in [0.2, 0.25) is 0 Å². The van der Waals surface area contributed by atoms with Crippen LogP contribution in [0.25, 0.3) is 0 Å². The summed E-state index contributed by atoms with van der Waals surface area (Å²) in [6.45, 7) is 1.97. The molecule has 0 aromatic heterocycles. The number of methoxy groups -OCH3 is 1. The van der Waals surface area contributed by atoms with E-state index in [2.05, 4.69) is 5.32 Å². The second-order valence-corrected chi connectivity index (χ2v) is 4.51. The number of carbonyl (C=O) groups is 1. The summed E-state index contributed by atoms with van der Waals surface area (Å²) in [5, 5.41) is 12.5. The summed E-state index contributed by atoms with van der Waals surface area (Å²) in [6.07, 6.45) is 0. The lowest BCUT2D eigenvalue weighted by Crippen LogP contribution is -2.22. The predicted octanol–water partition coefficient (Wildman–Crippen LogP) is 3.03. The van der Waals surface area contributed by atoms with E-state index in [1.807, 2.05) is 31.2 Å². The van der Waals surface area contributed by atoms with Crippen LogP contribution in [0, 0.1) is 6.92 Å². The molecule has 0 saturated heterocycles. The van der Waals surface area contributed by atoms with Gasteiger partial charge in [0, 0.05) is 5.69 Å². The minimum Gasteiger partial charge on any atom is -0.508 e. The summed E-state index contributed by atoms with van der Waals surface area (Å²) < 4.78 is 4.85. The molecule has 0 bridgehead atoms. The Hall–Kier alpha value is -2.49. The Morgan fingerprint density at radius 2 is 1.80 bits per heavy atom. The maximum atomic E-state index is 12.0. The lowest BCUT2D eigenvalue weighted by atomic mass is 10.1. The number of hydrogen-bond donors (Lipinski definition) is 2. The van der Waals surface area contributed by atoms with Crippen LogP contribution < -0.4 is 5.32 Å². The van der Waals surface area contributed by atoms with E-state index < -0.39 is 6.04 Å². The van der Waals surface area contributed by atoms with Crippen LogP contribution in [0.4, 0.5) is 5.69 Å². The molecule has 0 spiro atoms. The van der Waals surface area contributed by atoms with Crippen molar-refractivity contribution in [3.05, 3.63) is 59.7 Å².